The highest BCUT2D eigenvalue weighted by molar-refractivity contribution is 6.30. The molecule has 2 heterocycles. The summed E-state index contributed by atoms with van der Waals surface area (Å²) in [5, 5.41) is 9.69. The van der Waals surface area contributed by atoms with Gasteiger partial charge in [-0.1, -0.05) is 29.8 Å². The highest BCUT2D eigenvalue weighted by atomic mass is 35.5. The first-order valence-corrected chi connectivity index (χ1v) is 12.3. The molecule has 2 aliphatic heterocycles. The number of likely N-dealkylation sites (N-methyl/N-ethyl adjacent to an activating group) is 1. The van der Waals surface area contributed by atoms with Crippen molar-refractivity contribution in [2.45, 2.75) is 25.8 Å². The Balaban J connectivity index is 1.53. The van der Waals surface area contributed by atoms with Crippen LogP contribution in [-0.2, 0) is 6.42 Å². The Morgan fingerprint density at radius 3 is 2.59 bits per heavy atom. The smallest absolute Gasteiger partial charge is 0.337 e. The third-order valence-corrected chi connectivity index (χ3v) is 6.75. The van der Waals surface area contributed by atoms with Crippen molar-refractivity contribution in [3.63, 3.8) is 0 Å². The zero-order valence-corrected chi connectivity index (χ0v) is 21.0. The van der Waals surface area contributed by atoms with Gasteiger partial charge in [0.25, 0.3) is 0 Å². The number of hydrogen-bond donors (Lipinski definition) is 1. The van der Waals surface area contributed by atoms with Crippen LogP contribution in [0.4, 0.5) is 4.79 Å². The number of hydrogen-bond acceptors (Lipinski definition) is 5. The standard InChI is InChI=1S/C26H34ClN5O2/c1-19-17-21-7-10-23(34-16-4-11-31-14-12-30(3)13-15-31)18-24(21)25(29-32(19)26(33)28-2)20-5-8-22(27)9-6-20/h5-10,18-19H,4,11-17H2,1-3H3,(H,28,33)/t19-/m1/s1. The number of ether oxygens (including phenoxy) is 1. The molecule has 0 bridgehead atoms. The number of piperazine rings is 1. The summed E-state index contributed by atoms with van der Waals surface area (Å²) in [6, 6.07) is 13.4. The lowest BCUT2D eigenvalue weighted by Crippen LogP contribution is -2.44. The molecule has 2 aromatic rings. The summed E-state index contributed by atoms with van der Waals surface area (Å²) in [5.74, 6) is 0.819. The minimum atomic E-state index is -0.229. The molecule has 2 aromatic carbocycles. The molecule has 4 rings (SSSR count). The first kappa shape index (κ1) is 24.5. The van der Waals surface area contributed by atoms with Crippen LogP contribution in [0.2, 0.25) is 5.02 Å². The number of nitrogens with one attached hydrogen (secondary N) is 1. The molecule has 34 heavy (non-hydrogen) atoms. The molecule has 1 N–H and O–H groups in total. The van der Waals surface area contributed by atoms with E-state index < -0.39 is 0 Å². The topological polar surface area (TPSA) is 60.4 Å². The molecule has 1 atom stereocenters. The number of rotatable bonds is 6. The molecular formula is C26H34ClN5O2. The fourth-order valence-corrected chi connectivity index (χ4v) is 4.57. The van der Waals surface area contributed by atoms with Crippen molar-refractivity contribution >= 4 is 23.3 Å². The average molecular weight is 484 g/mol. The Morgan fingerprint density at radius 1 is 1.15 bits per heavy atom. The lowest BCUT2D eigenvalue weighted by atomic mass is 9.94. The number of fused-ring (bicyclic) bond motifs is 1. The van der Waals surface area contributed by atoms with Crippen molar-refractivity contribution in [2.75, 3.05) is 53.4 Å². The molecule has 0 radical (unpaired) electrons. The van der Waals surface area contributed by atoms with Gasteiger partial charge in [-0.3, -0.25) is 0 Å². The van der Waals surface area contributed by atoms with Crippen LogP contribution < -0.4 is 10.1 Å². The van der Waals surface area contributed by atoms with E-state index >= 15 is 0 Å². The molecule has 8 heteroatoms. The summed E-state index contributed by atoms with van der Waals surface area (Å²) in [6.07, 6.45) is 1.69. The van der Waals surface area contributed by atoms with Gasteiger partial charge in [-0.25, -0.2) is 9.80 Å². The van der Waals surface area contributed by atoms with Crippen LogP contribution in [0.25, 0.3) is 0 Å². The lowest BCUT2D eigenvalue weighted by molar-refractivity contribution is 0.145. The number of benzene rings is 2. The fraction of sp³-hybridized carbons (Fsp3) is 0.462. The number of urea groups is 1. The molecular weight excluding hydrogens is 450 g/mol. The first-order valence-electron chi connectivity index (χ1n) is 12.0. The number of amides is 2. The quantitative estimate of drug-likeness (QED) is 0.636. The van der Waals surface area contributed by atoms with Crippen LogP contribution in [0.5, 0.6) is 5.75 Å². The maximum absolute atomic E-state index is 12.6. The van der Waals surface area contributed by atoms with E-state index in [-0.39, 0.29) is 12.1 Å². The molecule has 7 nitrogen and oxygen atoms in total. The Hall–Kier alpha value is -2.61. The summed E-state index contributed by atoms with van der Waals surface area (Å²) in [7, 11) is 3.80. The van der Waals surface area contributed by atoms with Crippen molar-refractivity contribution < 1.29 is 9.53 Å². The van der Waals surface area contributed by atoms with Crippen LogP contribution >= 0.6 is 11.6 Å². The van der Waals surface area contributed by atoms with Crippen molar-refractivity contribution in [1.29, 1.82) is 0 Å². The number of hydrazone groups is 1. The van der Waals surface area contributed by atoms with Crippen molar-refractivity contribution in [3.05, 3.63) is 64.2 Å². The zero-order chi connectivity index (χ0) is 24.1. The molecule has 182 valence electrons. The van der Waals surface area contributed by atoms with E-state index in [9.17, 15) is 4.79 Å². The highest BCUT2D eigenvalue weighted by Crippen LogP contribution is 2.28. The van der Waals surface area contributed by atoms with Gasteiger partial charge in [0.2, 0.25) is 0 Å². The molecule has 2 aliphatic rings. The molecule has 1 fully saturated rings. The van der Waals surface area contributed by atoms with E-state index in [1.807, 2.05) is 37.3 Å². The largest absolute Gasteiger partial charge is 0.494 e. The van der Waals surface area contributed by atoms with Crippen LogP contribution in [0, 0.1) is 0 Å². The molecule has 0 saturated carbocycles. The second-order valence-electron chi connectivity index (χ2n) is 9.07. The predicted octanol–water partition coefficient (Wildman–Crippen LogP) is 3.69. The van der Waals surface area contributed by atoms with Crippen molar-refractivity contribution in [2.24, 2.45) is 5.10 Å². The van der Waals surface area contributed by atoms with Gasteiger partial charge in [0.05, 0.1) is 18.4 Å². The molecule has 0 unspecified atom stereocenters. The molecule has 2 amide bonds. The maximum Gasteiger partial charge on any atom is 0.337 e. The van der Waals surface area contributed by atoms with Crippen LogP contribution in [0.15, 0.2) is 47.6 Å². The zero-order valence-electron chi connectivity index (χ0n) is 20.3. The average Bonchev–Trinajstić information content (AvgIpc) is 2.99. The first-order chi connectivity index (χ1) is 16.4. The highest BCUT2D eigenvalue weighted by Gasteiger charge is 2.27. The Morgan fingerprint density at radius 2 is 1.88 bits per heavy atom. The second-order valence-corrected chi connectivity index (χ2v) is 9.51. The van der Waals surface area contributed by atoms with Gasteiger partial charge < -0.3 is 19.9 Å². The van der Waals surface area contributed by atoms with Gasteiger partial charge in [-0.05, 0) is 56.6 Å². The maximum atomic E-state index is 12.6. The SMILES string of the molecule is CNC(=O)N1N=C(c2ccc(Cl)cc2)c2cc(OCCCN3CCN(C)CC3)ccc2C[C@H]1C. The number of carbonyl (C=O) groups is 1. The molecule has 1 saturated heterocycles. The van der Waals surface area contributed by atoms with E-state index in [0.29, 0.717) is 18.1 Å². The third-order valence-electron chi connectivity index (χ3n) is 6.50. The number of halogens is 1. The molecule has 0 aliphatic carbocycles. The van der Waals surface area contributed by atoms with Crippen LogP contribution in [0.3, 0.4) is 0 Å². The molecule has 0 aromatic heterocycles. The van der Waals surface area contributed by atoms with E-state index in [1.54, 1.807) is 7.05 Å². The Kier molecular flexibility index (Phi) is 8.08. The summed E-state index contributed by atoms with van der Waals surface area (Å²) in [5.41, 5.74) is 3.76. The van der Waals surface area contributed by atoms with Gasteiger partial charge >= 0.3 is 6.03 Å². The van der Waals surface area contributed by atoms with Crippen molar-refractivity contribution in [3.8, 4) is 5.75 Å². The monoisotopic (exact) mass is 483 g/mol. The van der Waals surface area contributed by atoms with E-state index in [2.05, 4.69) is 34.3 Å². The second kappa shape index (κ2) is 11.2. The minimum Gasteiger partial charge on any atom is -0.494 e. The fourth-order valence-electron chi connectivity index (χ4n) is 4.44. The van der Waals surface area contributed by atoms with Crippen LogP contribution in [0.1, 0.15) is 30.0 Å². The van der Waals surface area contributed by atoms with Gasteiger partial charge in [0.1, 0.15) is 5.75 Å². The third kappa shape index (κ3) is 5.90. The summed E-state index contributed by atoms with van der Waals surface area (Å²) >= 11 is 6.13. The number of nitrogens with zero attached hydrogens (tertiary/aromatic N) is 4. The van der Waals surface area contributed by atoms with Gasteiger partial charge in [0.15, 0.2) is 0 Å². The normalized spacial score (nSPS) is 19.2. The Bertz CT molecular complexity index is 1020. The molecule has 0 spiro atoms. The predicted molar refractivity (Wildman–Crippen MR) is 137 cm³/mol. The van der Waals surface area contributed by atoms with Crippen molar-refractivity contribution in [1.82, 2.24) is 20.1 Å². The van der Waals surface area contributed by atoms with E-state index in [4.69, 9.17) is 21.4 Å². The summed E-state index contributed by atoms with van der Waals surface area (Å²) in [4.78, 5) is 17.4. The van der Waals surface area contributed by atoms with Gasteiger partial charge in [0, 0.05) is 55.9 Å². The van der Waals surface area contributed by atoms with E-state index in [1.165, 1.54) is 5.01 Å². The van der Waals surface area contributed by atoms with Gasteiger partial charge in [-0.15, -0.1) is 0 Å². The number of carbonyl (C=O) groups excluding carboxylic acids is 1. The van der Waals surface area contributed by atoms with Gasteiger partial charge in [-0.2, -0.15) is 5.10 Å². The minimum absolute atomic E-state index is 0.0844. The Labute approximate surface area is 207 Å². The lowest BCUT2D eigenvalue weighted by Gasteiger charge is -2.32. The van der Waals surface area contributed by atoms with E-state index in [0.717, 1.165) is 67.3 Å². The summed E-state index contributed by atoms with van der Waals surface area (Å²) in [6.45, 7) is 8.23. The summed E-state index contributed by atoms with van der Waals surface area (Å²) < 4.78 is 6.14. The van der Waals surface area contributed by atoms with Crippen LogP contribution in [-0.4, -0.2) is 86.0 Å².